The maximum Gasteiger partial charge on any atom is -0.0129 e. The monoisotopic (exact) mass is 288 g/mol. The molecule has 0 aliphatic rings. The fraction of sp³-hybridized carbons (Fsp3) is 0.714. The third-order valence-corrected chi connectivity index (χ3v) is 4.29. The van der Waals surface area contributed by atoms with Crippen molar-refractivity contribution in [2.45, 2.75) is 98.3 Å². The van der Waals surface area contributed by atoms with Crippen molar-refractivity contribution in [2.75, 3.05) is 0 Å². The zero-order valence-corrected chi connectivity index (χ0v) is 15.7. The van der Waals surface area contributed by atoms with Crippen LogP contribution in [0.4, 0.5) is 0 Å². The Balaban J connectivity index is 3.26. The van der Waals surface area contributed by atoms with Crippen LogP contribution in [0.5, 0.6) is 0 Å². The van der Waals surface area contributed by atoms with Crippen LogP contribution >= 0.6 is 0 Å². The van der Waals surface area contributed by atoms with Crippen LogP contribution in [0.25, 0.3) is 0 Å². The van der Waals surface area contributed by atoms with Gasteiger partial charge in [-0.15, -0.1) is 0 Å². The van der Waals surface area contributed by atoms with Gasteiger partial charge in [-0.2, -0.15) is 0 Å². The van der Waals surface area contributed by atoms with Gasteiger partial charge in [0.2, 0.25) is 0 Å². The minimum Gasteiger partial charge on any atom is -0.0654 e. The van der Waals surface area contributed by atoms with E-state index in [2.05, 4.69) is 67.5 Å². The van der Waals surface area contributed by atoms with E-state index in [9.17, 15) is 0 Å². The molecule has 0 saturated heterocycles. The number of benzene rings is 1. The van der Waals surface area contributed by atoms with Crippen molar-refractivity contribution in [3.63, 3.8) is 0 Å². The van der Waals surface area contributed by atoms with Crippen molar-refractivity contribution in [3.05, 3.63) is 34.4 Å². The highest BCUT2D eigenvalue weighted by Gasteiger charge is 2.25. The quantitative estimate of drug-likeness (QED) is 0.528. The highest BCUT2D eigenvalue weighted by atomic mass is 14.3. The van der Waals surface area contributed by atoms with Gasteiger partial charge in [0.05, 0.1) is 0 Å². The number of hydrogen-bond acceptors (Lipinski definition) is 0. The summed E-state index contributed by atoms with van der Waals surface area (Å²) in [6, 6.07) is 4.84. The average molecular weight is 289 g/mol. The van der Waals surface area contributed by atoms with E-state index in [1.54, 1.807) is 16.7 Å². The molecule has 1 aromatic carbocycles. The molecular formula is C21H36. The van der Waals surface area contributed by atoms with E-state index >= 15 is 0 Å². The van der Waals surface area contributed by atoms with Gasteiger partial charge in [0.15, 0.2) is 0 Å². The third kappa shape index (κ3) is 5.16. The second-order valence-corrected chi connectivity index (χ2v) is 8.65. The second-order valence-electron chi connectivity index (χ2n) is 8.65. The number of hydrogen-bond donors (Lipinski definition) is 0. The molecule has 0 N–H and O–H groups in total. The summed E-state index contributed by atoms with van der Waals surface area (Å²) in [5, 5.41) is 0. The fourth-order valence-electron chi connectivity index (χ4n) is 3.15. The first-order chi connectivity index (χ1) is 9.57. The van der Waals surface area contributed by atoms with Crippen LogP contribution in [0.15, 0.2) is 12.1 Å². The molecule has 1 rings (SSSR count). The molecule has 0 unspecified atom stereocenters. The lowest BCUT2D eigenvalue weighted by molar-refractivity contribution is 0.546. The average Bonchev–Trinajstić information content (AvgIpc) is 2.33. The van der Waals surface area contributed by atoms with Gasteiger partial charge in [0.1, 0.15) is 0 Å². The first kappa shape index (κ1) is 18.3. The van der Waals surface area contributed by atoms with Crippen molar-refractivity contribution >= 4 is 0 Å². The highest BCUT2D eigenvalue weighted by molar-refractivity contribution is 5.45. The minimum absolute atomic E-state index is 0.228. The van der Waals surface area contributed by atoms with E-state index in [4.69, 9.17) is 0 Å². The molecule has 0 heterocycles. The van der Waals surface area contributed by atoms with Gasteiger partial charge in [0, 0.05) is 0 Å². The van der Waals surface area contributed by atoms with Gasteiger partial charge >= 0.3 is 0 Å². The maximum absolute atomic E-state index is 2.42. The predicted octanol–water partition coefficient (Wildman–Crippen LogP) is 6.71. The Labute approximate surface area is 133 Å². The summed E-state index contributed by atoms with van der Waals surface area (Å²) in [5.74, 6) is 0. The van der Waals surface area contributed by atoms with Crippen molar-refractivity contribution < 1.29 is 0 Å². The summed E-state index contributed by atoms with van der Waals surface area (Å²) in [6.45, 7) is 18.6. The van der Waals surface area contributed by atoms with E-state index in [-0.39, 0.29) is 10.8 Å². The second kappa shape index (κ2) is 6.99. The fourth-order valence-corrected chi connectivity index (χ4v) is 3.15. The molecule has 0 aromatic heterocycles. The molecule has 0 spiro atoms. The van der Waals surface area contributed by atoms with Crippen LogP contribution in [0.3, 0.4) is 0 Å². The van der Waals surface area contributed by atoms with E-state index in [1.165, 1.54) is 37.7 Å². The molecule has 0 bridgehead atoms. The Bertz CT molecular complexity index is 417. The van der Waals surface area contributed by atoms with Gasteiger partial charge in [0.25, 0.3) is 0 Å². The lowest BCUT2D eigenvalue weighted by atomic mass is 9.74. The molecule has 0 saturated carbocycles. The van der Waals surface area contributed by atoms with Crippen molar-refractivity contribution in [3.8, 4) is 0 Å². The SMILES string of the molecule is CCCCCCc1c(C(C)(C)C)cc(C)cc1C(C)(C)C. The lowest BCUT2D eigenvalue weighted by Crippen LogP contribution is -2.21. The molecule has 21 heavy (non-hydrogen) atoms. The number of aryl methyl sites for hydroxylation is 1. The van der Waals surface area contributed by atoms with Gasteiger partial charge in [-0.05, 0) is 47.3 Å². The molecule has 0 nitrogen and oxygen atoms in total. The van der Waals surface area contributed by atoms with Crippen molar-refractivity contribution in [1.29, 1.82) is 0 Å². The van der Waals surface area contributed by atoms with Gasteiger partial charge in [-0.1, -0.05) is 85.4 Å². The van der Waals surface area contributed by atoms with E-state index in [0.717, 1.165) is 0 Å². The molecule has 120 valence electrons. The first-order valence-corrected chi connectivity index (χ1v) is 8.72. The Morgan fingerprint density at radius 3 is 1.62 bits per heavy atom. The zero-order chi connectivity index (χ0) is 16.3. The molecule has 0 amide bonds. The van der Waals surface area contributed by atoms with Crippen LogP contribution < -0.4 is 0 Å². The van der Waals surface area contributed by atoms with Crippen molar-refractivity contribution in [1.82, 2.24) is 0 Å². The largest absolute Gasteiger partial charge is 0.0654 e. The van der Waals surface area contributed by atoms with Crippen LogP contribution in [-0.2, 0) is 17.3 Å². The summed E-state index contributed by atoms with van der Waals surface area (Å²) in [6.07, 6.45) is 6.59. The molecule has 0 radical (unpaired) electrons. The molecule has 0 atom stereocenters. The number of rotatable bonds is 5. The number of unbranched alkanes of at least 4 members (excludes halogenated alkanes) is 3. The Morgan fingerprint density at radius 1 is 0.762 bits per heavy atom. The molecule has 1 aromatic rings. The zero-order valence-electron chi connectivity index (χ0n) is 15.7. The van der Waals surface area contributed by atoms with Gasteiger partial charge in [-0.3, -0.25) is 0 Å². The summed E-state index contributed by atoms with van der Waals surface area (Å²) < 4.78 is 0. The smallest absolute Gasteiger partial charge is 0.0129 e. The van der Waals surface area contributed by atoms with E-state index in [0.29, 0.717) is 0 Å². The topological polar surface area (TPSA) is 0 Å². The van der Waals surface area contributed by atoms with Crippen LogP contribution in [0.1, 0.15) is 96.4 Å². The lowest BCUT2D eigenvalue weighted by Gasteiger charge is -2.31. The van der Waals surface area contributed by atoms with E-state index in [1.807, 2.05) is 0 Å². The third-order valence-electron chi connectivity index (χ3n) is 4.29. The Morgan fingerprint density at radius 2 is 1.24 bits per heavy atom. The maximum atomic E-state index is 2.42. The molecule has 0 aliphatic carbocycles. The Kier molecular flexibility index (Phi) is 6.08. The molecular weight excluding hydrogens is 252 g/mol. The minimum atomic E-state index is 0.228. The highest BCUT2D eigenvalue weighted by Crippen LogP contribution is 2.36. The molecule has 0 heteroatoms. The summed E-state index contributed by atoms with van der Waals surface area (Å²) in [4.78, 5) is 0. The predicted molar refractivity (Wildman–Crippen MR) is 96.4 cm³/mol. The summed E-state index contributed by atoms with van der Waals surface area (Å²) in [5.41, 5.74) is 6.60. The normalized spacial score (nSPS) is 12.8. The van der Waals surface area contributed by atoms with Crippen LogP contribution in [0.2, 0.25) is 0 Å². The first-order valence-electron chi connectivity index (χ1n) is 8.72. The molecule has 0 fully saturated rings. The standard InChI is InChI=1S/C21H36/c1-9-10-11-12-13-17-18(20(3,4)5)14-16(2)15-19(17)21(6,7)8/h14-15H,9-13H2,1-8H3. The summed E-state index contributed by atoms with van der Waals surface area (Å²) in [7, 11) is 0. The van der Waals surface area contributed by atoms with E-state index < -0.39 is 0 Å². The molecule has 0 aliphatic heterocycles. The van der Waals surface area contributed by atoms with Crippen LogP contribution in [0, 0.1) is 6.92 Å². The Hall–Kier alpha value is -0.780. The van der Waals surface area contributed by atoms with Crippen LogP contribution in [-0.4, -0.2) is 0 Å². The van der Waals surface area contributed by atoms with Gasteiger partial charge in [-0.25, -0.2) is 0 Å². The summed E-state index contributed by atoms with van der Waals surface area (Å²) >= 11 is 0. The van der Waals surface area contributed by atoms with Crippen molar-refractivity contribution in [2.24, 2.45) is 0 Å². The van der Waals surface area contributed by atoms with Gasteiger partial charge < -0.3 is 0 Å².